The quantitative estimate of drug-likeness (QED) is 0.148. The van der Waals surface area contributed by atoms with Crippen molar-refractivity contribution in [3.05, 3.63) is 130 Å². The van der Waals surface area contributed by atoms with Crippen LogP contribution in [0.4, 0.5) is 10.1 Å². The van der Waals surface area contributed by atoms with E-state index in [0.717, 1.165) is 22.7 Å². The van der Waals surface area contributed by atoms with Crippen LogP contribution in [0.25, 0.3) is 0 Å². The SMILES string of the molecule is CCCCNC(=O)[C@H](Cc1ccccc1)N(Cc1ccc(F)cc1)C(=O)CN(c1cc(Cl)ccc1Cl)S(=O)(=O)c1ccccc1. The summed E-state index contributed by atoms with van der Waals surface area (Å²) in [5, 5.41) is 3.21. The molecular formula is C34H34Cl2FN3O4S. The van der Waals surface area contributed by atoms with E-state index >= 15 is 0 Å². The molecule has 1 N–H and O–H groups in total. The summed E-state index contributed by atoms with van der Waals surface area (Å²) in [5.74, 6) is -1.51. The fourth-order valence-electron chi connectivity index (χ4n) is 4.76. The molecule has 236 valence electrons. The van der Waals surface area contributed by atoms with Gasteiger partial charge in [-0.1, -0.05) is 97.2 Å². The van der Waals surface area contributed by atoms with Gasteiger partial charge in [-0.3, -0.25) is 13.9 Å². The molecule has 0 fully saturated rings. The molecule has 1 atom stereocenters. The minimum absolute atomic E-state index is 0.00936. The molecule has 45 heavy (non-hydrogen) atoms. The molecule has 0 heterocycles. The Morgan fingerprint density at radius 1 is 0.867 bits per heavy atom. The average molecular weight is 671 g/mol. The minimum atomic E-state index is -4.33. The van der Waals surface area contributed by atoms with E-state index in [1.165, 1.54) is 59.5 Å². The van der Waals surface area contributed by atoms with Gasteiger partial charge in [0.1, 0.15) is 18.4 Å². The summed E-state index contributed by atoms with van der Waals surface area (Å²) in [6, 6.07) is 25.8. The van der Waals surface area contributed by atoms with E-state index in [2.05, 4.69) is 5.32 Å². The number of nitrogens with zero attached hydrogens (tertiary/aromatic N) is 2. The van der Waals surface area contributed by atoms with Gasteiger partial charge in [0.25, 0.3) is 10.0 Å². The van der Waals surface area contributed by atoms with Crippen molar-refractivity contribution < 1.29 is 22.4 Å². The van der Waals surface area contributed by atoms with Crippen molar-refractivity contribution in [2.75, 3.05) is 17.4 Å². The fraction of sp³-hybridized carbons (Fsp3) is 0.235. The second-order valence-corrected chi connectivity index (χ2v) is 13.1. The number of unbranched alkanes of at least 4 members (excludes halogenated alkanes) is 1. The maximum atomic E-state index is 14.4. The molecule has 0 bridgehead atoms. The third kappa shape index (κ3) is 9.06. The van der Waals surface area contributed by atoms with Crippen LogP contribution in [0.5, 0.6) is 0 Å². The second-order valence-electron chi connectivity index (χ2n) is 10.4. The molecule has 0 saturated carbocycles. The second kappa shape index (κ2) is 15.9. The summed E-state index contributed by atoms with van der Waals surface area (Å²) < 4.78 is 42.8. The molecule has 4 aromatic carbocycles. The van der Waals surface area contributed by atoms with Crippen LogP contribution in [0.1, 0.15) is 30.9 Å². The Balaban J connectivity index is 1.81. The molecular weight excluding hydrogens is 636 g/mol. The lowest BCUT2D eigenvalue weighted by Crippen LogP contribution is -2.53. The molecule has 0 aromatic heterocycles. The molecule has 4 aromatic rings. The smallest absolute Gasteiger partial charge is 0.264 e. The number of hydrogen-bond donors (Lipinski definition) is 1. The first-order chi connectivity index (χ1) is 21.6. The zero-order chi connectivity index (χ0) is 32.4. The number of nitrogens with one attached hydrogen (secondary N) is 1. The molecule has 2 amide bonds. The summed E-state index contributed by atoms with van der Waals surface area (Å²) in [6.07, 6.45) is 1.76. The van der Waals surface area contributed by atoms with Crippen LogP contribution in [0.15, 0.2) is 108 Å². The van der Waals surface area contributed by atoms with Gasteiger partial charge in [-0.2, -0.15) is 0 Å². The normalized spacial score (nSPS) is 11.9. The monoisotopic (exact) mass is 669 g/mol. The van der Waals surface area contributed by atoms with Gasteiger partial charge in [-0.05, 0) is 60.0 Å². The van der Waals surface area contributed by atoms with Crippen molar-refractivity contribution >= 4 is 50.7 Å². The Bertz CT molecular complexity index is 1690. The van der Waals surface area contributed by atoms with Gasteiger partial charge in [-0.25, -0.2) is 12.8 Å². The molecule has 0 unspecified atom stereocenters. The number of carbonyl (C=O) groups excluding carboxylic acids is 2. The lowest BCUT2D eigenvalue weighted by Gasteiger charge is -2.34. The van der Waals surface area contributed by atoms with Crippen LogP contribution in [0.3, 0.4) is 0 Å². The van der Waals surface area contributed by atoms with Gasteiger partial charge in [-0.15, -0.1) is 0 Å². The van der Waals surface area contributed by atoms with E-state index in [-0.39, 0.29) is 39.5 Å². The van der Waals surface area contributed by atoms with Crippen LogP contribution in [-0.2, 0) is 32.6 Å². The highest BCUT2D eigenvalue weighted by molar-refractivity contribution is 7.92. The van der Waals surface area contributed by atoms with E-state index in [1.54, 1.807) is 18.2 Å². The Labute approximate surface area is 273 Å². The number of anilines is 1. The number of hydrogen-bond acceptors (Lipinski definition) is 4. The highest BCUT2D eigenvalue weighted by Gasteiger charge is 2.35. The lowest BCUT2D eigenvalue weighted by molar-refractivity contribution is -0.140. The number of halogens is 3. The van der Waals surface area contributed by atoms with Crippen LogP contribution >= 0.6 is 23.2 Å². The van der Waals surface area contributed by atoms with E-state index in [0.29, 0.717) is 12.1 Å². The number of amides is 2. The molecule has 7 nitrogen and oxygen atoms in total. The first-order valence-corrected chi connectivity index (χ1v) is 16.7. The first-order valence-electron chi connectivity index (χ1n) is 14.5. The molecule has 0 aliphatic carbocycles. The third-order valence-corrected chi connectivity index (χ3v) is 9.48. The Kier molecular flexibility index (Phi) is 12.0. The Hall–Kier alpha value is -3.92. The van der Waals surface area contributed by atoms with Crippen molar-refractivity contribution in [3.8, 4) is 0 Å². The molecule has 0 aliphatic rings. The summed E-state index contributed by atoms with van der Waals surface area (Å²) in [6.45, 7) is 1.64. The number of benzene rings is 4. The van der Waals surface area contributed by atoms with Gasteiger partial charge in [0.15, 0.2) is 0 Å². The summed E-state index contributed by atoms with van der Waals surface area (Å²) in [4.78, 5) is 29.5. The third-order valence-electron chi connectivity index (χ3n) is 7.15. The maximum absolute atomic E-state index is 14.4. The number of rotatable bonds is 14. The maximum Gasteiger partial charge on any atom is 0.264 e. The zero-order valence-electron chi connectivity index (χ0n) is 24.7. The van der Waals surface area contributed by atoms with Gasteiger partial charge >= 0.3 is 0 Å². The molecule has 4 rings (SSSR count). The molecule has 0 aliphatic heterocycles. The standard InChI is InChI=1S/C34H34Cl2FN3O4S/c1-2-3-20-38-34(42)32(21-25-10-6-4-7-11-25)39(23-26-14-17-28(37)18-15-26)33(41)24-40(31-22-27(35)16-19-30(31)36)45(43,44)29-12-8-5-9-13-29/h4-19,22,32H,2-3,20-21,23-24H2,1H3,(H,38,42)/t32-/m0/s1. The van der Waals surface area contributed by atoms with E-state index in [4.69, 9.17) is 23.2 Å². The van der Waals surface area contributed by atoms with Crippen LogP contribution < -0.4 is 9.62 Å². The van der Waals surface area contributed by atoms with Crippen LogP contribution in [0.2, 0.25) is 10.0 Å². The molecule has 0 radical (unpaired) electrons. The van der Waals surface area contributed by atoms with Crippen LogP contribution in [0, 0.1) is 5.82 Å². The Morgan fingerprint density at radius 3 is 2.16 bits per heavy atom. The van der Waals surface area contributed by atoms with Gasteiger partial charge in [0.05, 0.1) is 15.6 Å². The number of carbonyl (C=O) groups is 2. The lowest BCUT2D eigenvalue weighted by atomic mass is 10.0. The number of sulfonamides is 1. The van der Waals surface area contributed by atoms with Gasteiger partial charge in [0.2, 0.25) is 11.8 Å². The van der Waals surface area contributed by atoms with Crippen molar-refractivity contribution in [1.29, 1.82) is 0 Å². The van der Waals surface area contributed by atoms with E-state index in [9.17, 15) is 22.4 Å². The van der Waals surface area contributed by atoms with Crippen molar-refractivity contribution in [1.82, 2.24) is 10.2 Å². The molecule has 0 saturated heterocycles. The topological polar surface area (TPSA) is 86.8 Å². The van der Waals surface area contributed by atoms with Crippen molar-refractivity contribution in [3.63, 3.8) is 0 Å². The van der Waals surface area contributed by atoms with E-state index < -0.39 is 34.3 Å². The predicted octanol–water partition coefficient (Wildman–Crippen LogP) is 6.88. The van der Waals surface area contributed by atoms with Gasteiger partial charge in [0, 0.05) is 24.5 Å². The van der Waals surface area contributed by atoms with Crippen molar-refractivity contribution in [2.24, 2.45) is 0 Å². The van der Waals surface area contributed by atoms with Crippen molar-refractivity contribution in [2.45, 2.75) is 43.7 Å². The first kappa shape index (κ1) is 34.0. The fourth-order valence-corrected chi connectivity index (χ4v) is 6.64. The summed E-state index contributed by atoms with van der Waals surface area (Å²) >= 11 is 12.8. The van der Waals surface area contributed by atoms with Crippen LogP contribution in [-0.4, -0.2) is 44.3 Å². The highest BCUT2D eigenvalue weighted by Crippen LogP contribution is 2.33. The summed E-state index contributed by atoms with van der Waals surface area (Å²) in [5.41, 5.74) is 1.37. The van der Waals surface area contributed by atoms with Gasteiger partial charge < -0.3 is 10.2 Å². The highest BCUT2D eigenvalue weighted by atomic mass is 35.5. The zero-order valence-corrected chi connectivity index (χ0v) is 27.0. The predicted molar refractivity (Wildman–Crippen MR) is 176 cm³/mol. The largest absolute Gasteiger partial charge is 0.354 e. The Morgan fingerprint density at radius 2 is 1.51 bits per heavy atom. The summed E-state index contributed by atoms with van der Waals surface area (Å²) in [7, 11) is -4.33. The van der Waals surface area contributed by atoms with E-state index in [1.807, 2.05) is 37.3 Å². The minimum Gasteiger partial charge on any atom is -0.354 e. The average Bonchev–Trinajstić information content (AvgIpc) is 3.04. The molecule has 0 spiro atoms. The molecule has 11 heteroatoms.